The minimum Gasteiger partial charge on any atom is -0.290 e. The minimum atomic E-state index is -1.19. The Labute approximate surface area is 80.8 Å². The zero-order chi connectivity index (χ0) is 9.68. The van der Waals surface area contributed by atoms with Crippen molar-refractivity contribution in [3.05, 3.63) is 30.1 Å². The normalized spacial score (nSPS) is 15.2. The van der Waals surface area contributed by atoms with Crippen LogP contribution in [0, 0.1) is 0 Å². The first kappa shape index (κ1) is 10.3. The van der Waals surface area contributed by atoms with Crippen molar-refractivity contribution in [2.45, 2.75) is 12.8 Å². The second-order valence-electron chi connectivity index (χ2n) is 2.84. The van der Waals surface area contributed by atoms with Gasteiger partial charge in [-0.25, -0.2) is 4.21 Å². The van der Waals surface area contributed by atoms with Crippen LogP contribution < -0.4 is 0 Å². The SMILES string of the molecule is CC(COS(C)=O)c1ccccn1. The number of hydrogen-bond acceptors (Lipinski definition) is 3. The van der Waals surface area contributed by atoms with E-state index in [2.05, 4.69) is 4.98 Å². The standard InChI is InChI=1S/C9H13NO2S/c1-8(7-12-13(2)11)9-5-3-4-6-10-9/h3-6,8H,7H2,1-2H3. The molecule has 1 rings (SSSR count). The molecule has 0 N–H and O–H groups in total. The lowest BCUT2D eigenvalue weighted by Gasteiger charge is -2.08. The van der Waals surface area contributed by atoms with Gasteiger partial charge in [0.2, 0.25) is 0 Å². The molecule has 13 heavy (non-hydrogen) atoms. The van der Waals surface area contributed by atoms with Crippen LogP contribution >= 0.6 is 0 Å². The fourth-order valence-corrected chi connectivity index (χ4v) is 1.35. The third-order valence-corrected chi connectivity index (χ3v) is 2.14. The number of rotatable bonds is 4. The maximum Gasteiger partial charge on any atom is 0.152 e. The number of pyridine rings is 1. The monoisotopic (exact) mass is 199 g/mol. The van der Waals surface area contributed by atoms with E-state index >= 15 is 0 Å². The molecule has 3 nitrogen and oxygen atoms in total. The Kier molecular flexibility index (Phi) is 4.05. The summed E-state index contributed by atoms with van der Waals surface area (Å²) in [4.78, 5) is 4.18. The van der Waals surface area contributed by atoms with Crippen LogP contribution in [0.4, 0.5) is 0 Å². The van der Waals surface area contributed by atoms with Crippen molar-refractivity contribution in [1.82, 2.24) is 4.98 Å². The van der Waals surface area contributed by atoms with E-state index in [1.54, 1.807) is 6.20 Å². The molecule has 0 radical (unpaired) electrons. The van der Waals surface area contributed by atoms with E-state index < -0.39 is 11.1 Å². The Morgan fingerprint density at radius 2 is 2.38 bits per heavy atom. The molecule has 1 heterocycles. The summed E-state index contributed by atoms with van der Waals surface area (Å²) >= 11 is -1.19. The van der Waals surface area contributed by atoms with Gasteiger partial charge in [-0.15, -0.1) is 0 Å². The highest BCUT2D eigenvalue weighted by molar-refractivity contribution is 7.79. The van der Waals surface area contributed by atoms with Gasteiger partial charge in [0.25, 0.3) is 0 Å². The van der Waals surface area contributed by atoms with Crippen LogP contribution in [0.2, 0.25) is 0 Å². The largest absolute Gasteiger partial charge is 0.290 e. The lowest BCUT2D eigenvalue weighted by molar-refractivity contribution is 0.323. The van der Waals surface area contributed by atoms with E-state index in [0.717, 1.165) is 5.69 Å². The summed E-state index contributed by atoms with van der Waals surface area (Å²) in [5.41, 5.74) is 0.966. The van der Waals surface area contributed by atoms with E-state index in [1.807, 2.05) is 25.1 Å². The molecule has 72 valence electrons. The molecule has 2 atom stereocenters. The molecule has 0 fully saturated rings. The molecule has 0 aliphatic heterocycles. The third-order valence-electron chi connectivity index (χ3n) is 1.68. The Bertz CT molecular complexity index is 276. The predicted octanol–water partition coefficient (Wildman–Crippen LogP) is 1.50. The fourth-order valence-electron chi connectivity index (χ4n) is 0.951. The quantitative estimate of drug-likeness (QED) is 0.737. The average Bonchev–Trinajstić information content (AvgIpc) is 2.15. The maximum absolute atomic E-state index is 10.6. The summed E-state index contributed by atoms with van der Waals surface area (Å²) in [5.74, 6) is 0.185. The van der Waals surface area contributed by atoms with E-state index in [-0.39, 0.29) is 5.92 Å². The third kappa shape index (κ3) is 3.65. The van der Waals surface area contributed by atoms with Crippen molar-refractivity contribution in [3.63, 3.8) is 0 Å². The molecule has 1 aromatic rings. The van der Waals surface area contributed by atoms with Crippen molar-refractivity contribution in [2.24, 2.45) is 0 Å². The van der Waals surface area contributed by atoms with Crippen molar-refractivity contribution in [2.75, 3.05) is 12.9 Å². The Hall–Kier alpha value is -0.740. The molecule has 0 aromatic carbocycles. The smallest absolute Gasteiger partial charge is 0.152 e. The van der Waals surface area contributed by atoms with Gasteiger partial charge in [0.15, 0.2) is 11.1 Å². The molecule has 0 aliphatic rings. The highest BCUT2D eigenvalue weighted by Crippen LogP contribution is 2.11. The summed E-state index contributed by atoms with van der Waals surface area (Å²) in [6.45, 7) is 2.44. The van der Waals surface area contributed by atoms with Gasteiger partial charge in [0.05, 0.1) is 6.61 Å². The predicted molar refractivity (Wildman–Crippen MR) is 52.7 cm³/mol. The van der Waals surface area contributed by atoms with Gasteiger partial charge in [-0.05, 0) is 12.1 Å². The highest BCUT2D eigenvalue weighted by atomic mass is 32.2. The second-order valence-corrected chi connectivity index (χ2v) is 3.88. The zero-order valence-electron chi connectivity index (χ0n) is 7.77. The van der Waals surface area contributed by atoms with Gasteiger partial charge in [-0.2, -0.15) is 0 Å². The van der Waals surface area contributed by atoms with Gasteiger partial charge in [-0.1, -0.05) is 13.0 Å². The molecule has 4 heteroatoms. The maximum atomic E-state index is 10.6. The van der Waals surface area contributed by atoms with Crippen LogP contribution in [0.25, 0.3) is 0 Å². The highest BCUT2D eigenvalue weighted by Gasteiger charge is 2.06. The van der Waals surface area contributed by atoms with E-state index in [1.165, 1.54) is 6.26 Å². The molecule has 2 unspecified atom stereocenters. The molecule has 0 saturated carbocycles. The number of hydrogen-bond donors (Lipinski definition) is 0. The summed E-state index contributed by atoms with van der Waals surface area (Å²) in [6.07, 6.45) is 3.26. The van der Waals surface area contributed by atoms with Crippen molar-refractivity contribution >= 4 is 11.1 Å². The lowest BCUT2D eigenvalue weighted by atomic mass is 10.1. The molecular formula is C9H13NO2S. The van der Waals surface area contributed by atoms with E-state index in [0.29, 0.717) is 6.61 Å². The van der Waals surface area contributed by atoms with Crippen LogP contribution in [0.15, 0.2) is 24.4 Å². The Morgan fingerprint density at radius 3 is 2.92 bits per heavy atom. The van der Waals surface area contributed by atoms with E-state index in [4.69, 9.17) is 4.18 Å². The summed E-state index contributed by atoms with van der Waals surface area (Å²) in [5, 5.41) is 0. The van der Waals surface area contributed by atoms with Gasteiger partial charge in [-0.3, -0.25) is 9.17 Å². The molecule has 0 saturated heterocycles. The van der Waals surface area contributed by atoms with Crippen molar-refractivity contribution in [3.8, 4) is 0 Å². The first-order chi connectivity index (χ1) is 6.20. The second kappa shape index (κ2) is 5.09. The minimum absolute atomic E-state index is 0.185. The van der Waals surface area contributed by atoms with Crippen LogP contribution in [0.5, 0.6) is 0 Å². The van der Waals surface area contributed by atoms with Crippen molar-refractivity contribution in [1.29, 1.82) is 0 Å². The first-order valence-electron chi connectivity index (χ1n) is 4.08. The van der Waals surface area contributed by atoms with E-state index in [9.17, 15) is 4.21 Å². The summed E-state index contributed by atoms with van der Waals surface area (Å²) in [6, 6.07) is 5.74. The topological polar surface area (TPSA) is 39.2 Å². The van der Waals surface area contributed by atoms with Gasteiger partial charge >= 0.3 is 0 Å². The molecule has 0 amide bonds. The average molecular weight is 199 g/mol. The van der Waals surface area contributed by atoms with Crippen LogP contribution in [-0.4, -0.2) is 22.1 Å². The van der Waals surface area contributed by atoms with Gasteiger partial charge < -0.3 is 0 Å². The molecule has 0 spiro atoms. The molecule has 0 aliphatic carbocycles. The fraction of sp³-hybridized carbons (Fsp3) is 0.444. The summed E-state index contributed by atoms with van der Waals surface area (Å²) < 4.78 is 15.6. The van der Waals surface area contributed by atoms with Gasteiger partial charge in [0.1, 0.15) is 0 Å². The Morgan fingerprint density at radius 1 is 1.62 bits per heavy atom. The lowest BCUT2D eigenvalue weighted by Crippen LogP contribution is -2.06. The molecule has 0 bridgehead atoms. The van der Waals surface area contributed by atoms with Gasteiger partial charge in [0, 0.05) is 24.1 Å². The first-order valence-corrected chi connectivity index (χ1v) is 5.56. The van der Waals surface area contributed by atoms with Crippen LogP contribution in [0.3, 0.4) is 0 Å². The van der Waals surface area contributed by atoms with Crippen molar-refractivity contribution < 1.29 is 8.39 Å². The number of aromatic nitrogens is 1. The van der Waals surface area contributed by atoms with Crippen LogP contribution in [-0.2, 0) is 15.3 Å². The van der Waals surface area contributed by atoms with Crippen LogP contribution in [0.1, 0.15) is 18.5 Å². The summed E-state index contributed by atoms with van der Waals surface area (Å²) in [7, 11) is 0. The number of nitrogens with zero attached hydrogens (tertiary/aromatic N) is 1. The zero-order valence-corrected chi connectivity index (χ0v) is 8.58. The Balaban J connectivity index is 2.49. The molecular weight excluding hydrogens is 186 g/mol. The molecule has 1 aromatic heterocycles.